The molecule has 5 nitrogen and oxygen atoms in total. The molecule has 2 N–H and O–H groups in total. The Labute approximate surface area is 138 Å². The number of hydrogen-bond donors (Lipinski definition) is 2. The van der Waals surface area contributed by atoms with Gasteiger partial charge in [0.25, 0.3) is 5.91 Å². The lowest BCUT2D eigenvalue weighted by molar-refractivity contribution is -0.137. The first kappa shape index (κ1) is 17.3. The van der Waals surface area contributed by atoms with Crippen LogP contribution in [0.25, 0.3) is 0 Å². The Balaban J connectivity index is 2.53. The van der Waals surface area contributed by atoms with Crippen LogP contribution in [0.15, 0.2) is 24.4 Å². The number of carbonyl (C=O) groups is 1. The van der Waals surface area contributed by atoms with E-state index in [0.717, 1.165) is 18.2 Å². The van der Waals surface area contributed by atoms with Crippen molar-refractivity contribution in [3.63, 3.8) is 0 Å². The lowest BCUT2D eigenvalue weighted by atomic mass is 10.1. The molecule has 0 spiro atoms. The third kappa shape index (κ3) is 4.02. The summed E-state index contributed by atoms with van der Waals surface area (Å²) < 4.78 is 38.6. The van der Waals surface area contributed by atoms with E-state index in [1.54, 1.807) is 0 Å². The van der Waals surface area contributed by atoms with Gasteiger partial charge in [-0.3, -0.25) is 4.79 Å². The summed E-state index contributed by atoms with van der Waals surface area (Å²) in [5, 5.41) is 4.81. The molecular formula is C13H9Cl2F3N4O. The van der Waals surface area contributed by atoms with E-state index in [9.17, 15) is 18.0 Å². The first-order valence-electron chi connectivity index (χ1n) is 6.10. The lowest BCUT2D eigenvalue weighted by Gasteiger charge is -2.14. The fourth-order valence-electron chi connectivity index (χ4n) is 1.72. The molecule has 0 aliphatic heterocycles. The molecule has 0 unspecified atom stereocenters. The van der Waals surface area contributed by atoms with Crippen molar-refractivity contribution < 1.29 is 18.0 Å². The Kier molecular flexibility index (Phi) is 4.96. The minimum atomic E-state index is -4.56. The van der Waals surface area contributed by atoms with Crippen molar-refractivity contribution in [3.05, 3.63) is 45.8 Å². The van der Waals surface area contributed by atoms with Gasteiger partial charge >= 0.3 is 6.18 Å². The van der Waals surface area contributed by atoms with E-state index in [1.165, 1.54) is 13.2 Å². The molecule has 0 bridgehead atoms. The molecule has 1 heterocycles. The molecule has 2 rings (SSSR count). The van der Waals surface area contributed by atoms with Gasteiger partial charge in [-0.25, -0.2) is 4.98 Å². The molecule has 0 aliphatic carbocycles. The number of amides is 1. The molecule has 0 aliphatic rings. The molecule has 0 fully saturated rings. The Bertz CT molecular complexity index is 752. The number of anilines is 2. The van der Waals surface area contributed by atoms with E-state index in [4.69, 9.17) is 23.2 Å². The highest BCUT2D eigenvalue weighted by molar-refractivity contribution is 6.33. The van der Waals surface area contributed by atoms with Crippen molar-refractivity contribution in [3.8, 4) is 0 Å². The van der Waals surface area contributed by atoms with Gasteiger partial charge in [-0.2, -0.15) is 18.2 Å². The zero-order valence-corrected chi connectivity index (χ0v) is 13.0. The standard InChI is InChI=1S/C13H9Cl2F3N4O/c1-19-11(23)7-3-2-6(13(16,17)18)4-9(7)21-10-8(14)5-20-12(15)22-10/h2-5H,1H3,(H,19,23)(H,20,21,22). The van der Waals surface area contributed by atoms with Gasteiger partial charge in [-0.05, 0) is 29.8 Å². The smallest absolute Gasteiger partial charge is 0.355 e. The Morgan fingerprint density at radius 1 is 1.26 bits per heavy atom. The number of hydrogen-bond acceptors (Lipinski definition) is 4. The topological polar surface area (TPSA) is 66.9 Å². The molecule has 0 saturated heterocycles. The van der Waals surface area contributed by atoms with Crippen LogP contribution in [0.1, 0.15) is 15.9 Å². The van der Waals surface area contributed by atoms with Crippen LogP contribution in [0.3, 0.4) is 0 Å². The highest BCUT2D eigenvalue weighted by Crippen LogP contribution is 2.34. The summed E-state index contributed by atoms with van der Waals surface area (Å²) in [6.07, 6.45) is -3.38. The van der Waals surface area contributed by atoms with Crippen molar-refractivity contribution >= 4 is 40.6 Å². The maximum absolute atomic E-state index is 12.9. The number of halogens is 5. The average Bonchev–Trinajstić information content (AvgIpc) is 2.49. The summed E-state index contributed by atoms with van der Waals surface area (Å²) in [5.41, 5.74) is -1.05. The zero-order chi connectivity index (χ0) is 17.2. The zero-order valence-electron chi connectivity index (χ0n) is 11.5. The van der Waals surface area contributed by atoms with Crippen LogP contribution in [-0.4, -0.2) is 22.9 Å². The molecule has 1 aromatic heterocycles. The molecule has 2 aromatic rings. The van der Waals surface area contributed by atoms with E-state index in [2.05, 4.69) is 20.6 Å². The Morgan fingerprint density at radius 3 is 2.57 bits per heavy atom. The predicted octanol–water partition coefficient (Wildman–Crippen LogP) is 3.91. The van der Waals surface area contributed by atoms with Crippen molar-refractivity contribution in [1.29, 1.82) is 0 Å². The number of nitrogens with zero attached hydrogens (tertiary/aromatic N) is 2. The molecule has 10 heteroatoms. The van der Waals surface area contributed by atoms with Crippen LogP contribution in [0, 0.1) is 0 Å². The number of carbonyl (C=O) groups excluding carboxylic acids is 1. The van der Waals surface area contributed by atoms with Crippen molar-refractivity contribution in [2.75, 3.05) is 12.4 Å². The van der Waals surface area contributed by atoms with E-state index in [0.29, 0.717) is 0 Å². The van der Waals surface area contributed by atoms with E-state index in [1.807, 2.05) is 0 Å². The van der Waals surface area contributed by atoms with Gasteiger partial charge in [0, 0.05) is 7.05 Å². The van der Waals surface area contributed by atoms with Crippen LogP contribution in [-0.2, 0) is 6.18 Å². The van der Waals surface area contributed by atoms with Gasteiger partial charge in [0.2, 0.25) is 5.28 Å². The van der Waals surface area contributed by atoms with Crippen LogP contribution in [0.2, 0.25) is 10.3 Å². The van der Waals surface area contributed by atoms with Crippen LogP contribution >= 0.6 is 23.2 Å². The number of benzene rings is 1. The van der Waals surface area contributed by atoms with Gasteiger partial charge in [0.05, 0.1) is 23.0 Å². The number of aromatic nitrogens is 2. The van der Waals surface area contributed by atoms with Gasteiger partial charge in [-0.1, -0.05) is 11.6 Å². The lowest BCUT2D eigenvalue weighted by Crippen LogP contribution is -2.20. The monoisotopic (exact) mass is 364 g/mol. The number of nitrogens with one attached hydrogen (secondary N) is 2. The third-order valence-corrected chi connectivity index (χ3v) is 3.25. The third-order valence-electron chi connectivity index (χ3n) is 2.79. The second-order valence-corrected chi connectivity index (χ2v) is 5.04. The minimum absolute atomic E-state index is 0.00805. The fraction of sp³-hybridized carbons (Fsp3) is 0.154. The molecule has 1 amide bonds. The van der Waals surface area contributed by atoms with E-state index in [-0.39, 0.29) is 27.4 Å². The highest BCUT2D eigenvalue weighted by Gasteiger charge is 2.31. The Morgan fingerprint density at radius 2 is 1.96 bits per heavy atom. The molecule has 122 valence electrons. The molecule has 1 aromatic carbocycles. The van der Waals surface area contributed by atoms with Gasteiger partial charge < -0.3 is 10.6 Å². The maximum atomic E-state index is 12.9. The SMILES string of the molecule is CNC(=O)c1ccc(C(F)(F)F)cc1Nc1nc(Cl)ncc1Cl. The average molecular weight is 365 g/mol. The van der Waals surface area contributed by atoms with Crippen LogP contribution in [0.5, 0.6) is 0 Å². The second-order valence-electron chi connectivity index (χ2n) is 4.30. The molecule has 0 radical (unpaired) electrons. The van der Waals surface area contributed by atoms with E-state index >= 15 is 0 Å². The van der Waals surface area contributed by atoms with E-state index < -0.39 is 17.6 Å². The fourth-order valence-corrected chi connectivity index (χ4v) is 1.99. The molecule has 0 saturated carbocycles. The summed E-state index contributed by atoms with van der Waals surface area (Å²) in [6, 6.07) is 2.65. The van der Waals surface area contributed by atoms with Crippen LogP contribution in [0.4, 0.5) is 24.7 Å². The van der Waals surface area contributed by atoms with Crippen molar-refractivity contribution in [1.82, 2.24) is 15.3 Å². The molecule has 0 atom stereocenters. The second kappa shape index (κ2) is 6.59. The minimum Gasteiger partial charge on any atom is -0.355 e. The summed E-state index contributed by atoms with van der Waals surface area (Å²) in [7, 11) is 1.36. The van der Waals surface area contributed by atoms with Gasteiger partial charge in [-0.15, -0.1) is 0 Å². The first-order chi connectivity index (χ1) is 10.7. The van der Waals surface area contributed by atoms with Gasteiger partial charge in [0.15, 0.2) is 5.82 Å². The predicted molar refractivity (Wildman–Crippen MR) is 80.2 cm³/mol. The number of alkyl halides is 3. The Hall–Kier alpha value is -2.06. The summed E-state index contributed by atoms with van der Waals surface area (Å²) in [6.45, 7) is 0. The quantitative estimate of drug-likeness (QED) is 0.810. The van der Waals surface area contributed by atoms with Crippen molar-refractivity contribution in [2.24, 2.45) is 0 Å². The summed E-state index contributed by atoms with van der Waals surface area (Å²) in [4.78, 5) is 19.2. The van der Waals surface area contributed by atoms with Gasteiger partial charge in [0.1, 0.15) is 5.02 Å². The summed E-state index contributed by atoms with van der Waals surface area (Å²) >= 11 is 11.5. The normalized spacial score (nSPS) is 11.2. The first-order valence-corrected chi connectivity index (χ1v) is 6.86. The van der Waals surface area contributed by atoms with Crippen molar-refractivity contribution in [2.45, 2.75) is 6.18 Å². The molecule has 23 heavy (non-hydrogen) atoms. The number of rotatable bonds is 3. The molecular weight excluding hydrogens is 356 g/mol. The highest BCUT2D eigenvalue weighted by atomic mass is 35.5. The summed E-state index contributed by atoms with van der Waals surface area (Å²) in [5.74, 6) is -0.589. The van der Waals surface area contributed by atoms with Crippen LogP contribution < -0.4 is 10.6 Å². The maximum Gasteiger partial charge on any atom is 0.416 e. The largest absolute Gasteiger partial charge is 0.416 e.